The summed E-state index contributed by atoms with van der Waals surface area (Å²) in [6.45, 7) is 0.868. The molecule has 2 aliphatic heterocycles. The number of nitrogens with one attached hydrogen (secondary N) is 1. The lowest BCUT2D eigenvalue weighted by Crippen LogP contribution is -2.49. The Morgan fingerprint density at radius 1 is 1.28 bits per heavy atom. The fourth-order valence-electron chi connectivity index (χ4n) is 3.68. The monoisotopic (exact) mass is 248 g/mol. The van der Waals surface area contributed by atoms with E-state index in [1.807, 2.05) is 13.4 Å². The quantitative estimate of drug-likeness (QED) is 0.885. The van der Waals surface area contributed by atoms with Crippen LogP contribution in [0.25, 0.3) is 0 Å². The maximum Gasteiger partial charge on any atom is 0.0952 e. The van der Waals surface area contributed by atoms with Crippen molar-refractivity contribution < 1.29 is 0 Å². The second-order valence-electron chi connectivity index (χ2n) is 5.87. The van der Waals surface area contributed by atoms with Gasteiger partial charge in [0.05, 0.1) is 12.0 Å². The minimum Gasteiger partial charge on any atom is -0.334 e. The van der Waals surface area contributed by atoms with Crippen molar-refractivity contribution in [2.24, 2.45) is 0 Å². The van der Waals surface area contributed by atoms with Crippen LogP contribution in [-0.4, -0.2) is 40.6 Å². The molecular weight excluding hydrogens is 224 g/mol. The predicted octanol–water partition coefficient (Wildman–Crippen LogP) is 1.79. The lowest BCUT2D eigenvalue weighted by molar-refractivity contribution is 0.0400. The molecule has 2 saturated heterocycles. The molecule has 2 unspecified atom stereocenters. The van der Waals surface area contributed by atoms with Gasteiger partial charge in [-0.25, -0.2) is 4.98 Å². The van der Waals surface area contributed by atoms with Crippen LogP contribution in [0.4, 0.5) is 0 Å². The van der Waals surface area contributed by atoms with Crippen molar-refractivity contribution >= 4 is 0 Å². The van der Waals surface area contributed by atoms with E-state index in [0.29, 0.717) is 6.04 Å². The molecule has 1 aromatic heterocycles. The van der Waals surface area contributed by atoms with Crippen molar-refractivity contribution in [3.05, 3.63) is 18.2 Å². The summed E-state index contributed by atoms with van der Waals surface area (Å²) in [5.74, 6) is 0. The van der Waals surface area contributed by atoms with Crippen LogP contribution in [-0.2, 0) is 6.54 Å². The average Bonchev–Trinajstić information content (AvgIpc) is 2.78. The number of nitrogens with zero attached hydrogens (tertiary/aromatic N) is 3. The van der Waals surface area contributed by atoms with Crippen molar-refractivity contribution in [2.75, 3.05) is 14.1 Å². The van der Waals surface area contributed by atoms with Gasteiger partial charge < -0.3 is 14.8 Å². The fraction of sp³-hybridized carbons (Fsp3) is 0.786. The van der Waals surface area contributed by atoms with E-state index >= 15 is 0 Å². The van der Waals surface area contributed by atoms with E-state index < -0.39 is 0 Å². The molecule has 4 heteroatoms. The van der Waals surface area contributed by atoms with Crippen molar-refractivity contribution in [3.8, 4) is 0 Å². The number of hydrogen-bond donors (Lipinski definition) is 1. The van der Waals surface area contributed by atoms with Crippen LogP contribution < -0.4 is 5.32 Å². The van der Waals surface area contributed by atoms with E-state index in [1.54, 1.807) is 0 Å². The number of aromatic nitrogens is 2. The van der Waals surface area contributed by atoms with Crippen molar-refractivity contribution in [3.63, 3.8) is 0 Å². The van der Waals surface area contributed by atoms with Crippen LogP contribution in [0.2, 0.25) is 0 Å². The molecular formula is C14H24N4. The molecule has 100 valence electrons. The summed E-state index contributed by atoms with van der Waals surface area (Å²) in [6.07, 6.45) is 11.0. The Kier molecular flexibility index (Phi) is 3.39. The normalized spacial score (nSPS) is 32.7. The first-order valence-electron chi connectivity index (χ1n) is 7.17. The predicted molar refractivity (Wildman–Crippen MR) is 72.5 cm³/mol. The average molecular weight is 248 g/mol. The molecule has 2 aliphatic rings. The van der Waals surface area contributed by atoms with Gasteiger partial charge in [-0.05, 0) is 39.8 Å². The van der Waals surface area contributed by atoms with Gasteiger partial charge in [0.25, 0.3) is 0 Å². The third-order valence-electron chi connectivity index (χ3n) is 4.75. The van der Waals surface area contributed by atoms with Gasteiger partial charge >= 0.3 is 0 Å². The van der Waals surface area contributed by atoms with Crippen molar-refractivity contribution in [1.29, 1.82) is 0 Å². The highest BCUT2D eigenvalue weighted by Crippen LogP contribution is 2.38. The molecule has 4 nitrogen and oxygen atoms in total. The highest BCUT2D eigenvalue weighted by Gasteiger charge is 2.36. The number of fused-ring (bicyclic) bond motifs is 2. The smallest absolute Gasteiger partial charge is 0.0952 e. The number of hydrogen-bond acceptors (Lipinski definition) is 3. The molecule has 2 atom stereocenters. The van der Waals surface area contributed by atoms with E-state index in [0.717, 1.165) is 24.3 Å². The minimum atomic E-state index is 0.662. The molecule has 2 fully saturated rings. The molecule has 0 radical (unpaired) electrons. The Labute approximate surface area is 109 Å². The van der Waals surface area contributed by atoms with Crippen LogP contribution in [0.1, 0.15) is 43.8 Å². The maximum absolute atomic E-state index is 4.48. The van der Waals surface area contributed by atoms with Crippen LogP contribution in [0.5, 0.6) is 0 Å². The largest absolute Gasteiger partial charge is 0.334 e. The van der Waals surface area contributed by atoms with E-state index in [-0.39, 0.29) is 0 Å². The zero-order chi connectivity index (χ0) is 12.5. The zero-order valence-corrected chi connectivity index (χ0v) is 11.5. The Morgan fingerprint density at radius 2 is 2.00 bits per heavy atom. The summed E-state index contributed by atoms with van der Waals surface area (Å²) in [5, 5.41) is 3.16. The lowest BCUT2D eigenvalue weighted by Gasteiger charge is -2.47. The number of piperidine rings is 2. The highest BCUT2D eigenvalue weighted by molar-refractivity contribution is 5.01. The fourth-order valence-corrected chi connectivity index (χ4v) is 3.68. The van der Waals surface area contributed by atoms with Gasteiger partial charge in [0.2, 0.25) is 0 Å². The third kappa shape index (κ3) is 2.19. The van der Waals surface area contributed by atoms with Crippen LogP contribution in [0.3, 0.4) is 0 Å². The lowest BCUT2D eigenvalue weighted by atomic mass is 9.82. The summed E-state index contributed by atoms with van der Waals surface area (Å²) in [5.41, 5.74) is 1.15. The van der Waals surface area contributed by atoms with Crippen LogP contribution >= 0.6 is 0 Å². The molecule has 0 amide bonds. The highest BCUT2D eigenvalue weighted by atomic mass is 15.2. The Balaban J connectivity index is 1.72. The van der Waals surface area contributed by atoms with E-state index in [1.165, 1.54) is 32.1 Å². The summed E-state index contributed by atoms with van der Waals surface area (Å²) in [6, 6.07) is 2.24. The maximum atomic E-state index is 4.48. The molecule has 0 saturated carbocycles. The third-order valence-corrected chi connectivity index (χ3v) is 4.75. The molecule has 0 spiro atoms. The minimum absolute atomic E-state index is 0.662. The molecule has 1 N–H and O–H groups in total. The first-order chi connectivity index (χ1) is 8.78. The van der Waals surface area contributed by atoms with E-state index in [2.05, 4.69) is 33.0 Å². The first kappa shape index (κ1) is 12.2. The van der Waals surface area contributed by atoms with Gasteiger partial charge in [0.1, 0.15) is 0 Å². The van der Waals surface area contributed by atoms with Crippen LogP contribution in [0, 0.1) is 0 Å². The van der Waals surface area contributed by atoms with E-state index in [4.69, 9.17) is 0 Å². The van der Waals surface area contributed by atoms with E-state index in [9.17, 15) is 0 Å². The van der Waals surface area contributed by atoms with Crippen molar-refractivity contribution in [1.82, 2.24) is 19.8 Å². The molecule has 0 aromatic carbocycles. The first-order valence-corrected chi connectivity index (χ1v) is 7.17. The number of rotatable bonds is 3. The summed E-state index contributed by atoms with van der Waals surface area (Å²) >= 11 is 0. The number of imidazole rings is 1. The second kappa shape index (κ2) is 5.02. The summed E-state index contributed by atoms with van der Waals surface area (Å²) in [4.78, 5) is 7.10. The van der Waals surface area contributed by atoms with Gasteiger partial charge in [0, 0.05) is 30.9 Å². The Bertz CT molecular complexity index is 386. The molecule has 0 aliphatic carbocycles. The van der Waals surface area contributed by atoms with Crippen LogP contribution in [0.15, 0.2) is 12.5 Å². The van der Waals surface area contributed by atoms with Gasteiger partial charge in [-0.2, -0.15) is 0 Å². The van der Waals surface area contributed by atoms with Gasteiger partial charge in [-0.15, -0.1) is 0 Å². The Hall–Kier alpha value is -0.870. The van der Waals surface area contributed by atoms with Gasteiger partial charge in [-0.3, -0.25) is 0 Å². The van der Waals surface area contributed by atoms with Gasteiger partial charge in [0.15, 0.2) is 0 Å². The topological polar surface area (TPSA) is 33.1 Å². The summed E-state index contributed by atoms with van der Waals surface area (Å²) in [7, 11) is 4.28. The molecule has 3 heterocycles. The van der Waals surface area contributed by atoms with Crippen molar-refractivity contribution in [2.45, 2.75) is 56.8 Å². The SMILES string of the molecule is CNCc1cn(C2CC3CCCC(C2)N3C)cn1. The zero-order valence-electron chi connectivity index (χ0n) is 11.5. The Morgan fingerprint density at radius 3 is 2.67 bits per heavy atom. The molecule has 18 heavy (non-hydrogen) atoms. The second-order valence-corrected chi connectivity index (χ2v) is 5.87. The molecule has 1 aromatic rings. The standard InChI is InChI=1S/C14H24N4/c1-15-8-11-9-18(10-16-11)14-6-12-4-3-5-13(7-14)17(12)2/h9-10,12-15H,3-8H2,1-2H3. The van der Waals surface area contributed by atoms with Gasteiger partial charge in [-0.1, -0.05) is 6.42 Å². The summed E-state index contributed by atoms with van der Waals surface area (Å²) < 4.78 is 2.35. The molecule has 3 rings (SSSR count). The molecule has 2 bridgehead atoms.